The maximum atomic E-state index is 13.3. The van der Waals surface area contributed by atoms with Gasteiger partial charge in [-0.25, -0.2) is 0 Å². The first kappa shape index (κ1) is 48.9. The van der Waals surface area contributed by atoms with Gasteiger partial charge in [0.2, 0.25) is 0 Å². The van der Waals surface area contributed by atoms with Crippen molar-refractivity contribution in [2.24, 2.45) is 47.3 Å². The summed E-state index contributed by atoms with van der Waals surface area (Å²) in [7, 11) is 1.69. The van der Waals surface area contributed by atoms with Gasteiger partial charge in [0.15, 0.2) is 29.4 Å². The number of carbonyl (C=O) groups is 2. The lowest BCUT2D eigenvalue weighted by molar-refractivity contribution is -0.384. The predicted octanol–water partition coefficient (Wildman–Crippen LogP) is 6.15. The Morgan fingerprint density at radius 1 is 0.902 bits per heavy atom. The van der Waals surface area contributed by atoms with Crippen LogP contribution in [0.25, 0.3) is 0 Å². The number of aliphatic carboxylic acids is 1. The first-order valence-electron chi connectivity index (χ1n) is 23.2. The molecule has 6 aliphatic heterocycles. The van der Waals surface area contributed by atoms with Gasteiger partial charge in [0.25, 0.3) is 0 Å². The fourth-order valence-corrected chi connectivity index (χ4v) is 11.8. The molecular weight excluding hydrogens is 789 g/mol. The molecule has 0 aromatic rings. The number of allylic oxidation sites excluding steroid dienone is 1. The van der Waals surface area contributed by atoms with Crippen molar-refractivity contribution in [3.05, 3.63) is 11.6 Å². The van der Waals surface area contributed by atoms with Gasteiger partial charge >= 0.3 is 5.97 Å². The molecule has 0 saturated carbocycles. The Balaban J connectivity index is 1.15. The molecule has 6 rings (SSSR count). The van der Waals surface area contributed by atoms with Gasteiger partial charge in [-0.1, -0.05) is 61.5 Å². The molecule has 0 aromatic heterocycles. The molecule has 0 amide bonds. The second-order valence-corrected chi connectivity index (χ2v) is 20.5. The monoisotopic (exact) mass is 867 g/mol. The van der Waals surface area contributed by atoms with E-state index in [-0.39, 0.29) is 60.1 Å². The van der Waals surface area contributed by atoms with E-state index in [1.54, 1.807) is 27.9 Å². The summed E-state index contributed by atoms with van der Waals surface area (Å²) in [6.07, 6.45) is 3.63. The predicted molar refractivity (Wildman–Crippen MR) is 224 cm³/mol. The first-order chi connectivity index (χ1) is 28.5. The van der Waals surface area contributed by atoms with Crippen molar-refractivity contribution in [1.82, 2.24) is 0 Å². The maximum absolute atomic E-state index is 13.3. The minimum Gasteiger partial charge on any atom is -0.481 e. The molecule has 0 bridgehead atoms. The molecule has 6 saturated heterocycles. The number of rotatable bonds is 13. The van der Waals surface area contributed by atoms with Gasteiger partial charge in [-0.15, -0.1) is 0 Å². The molecule has 2 spiro atoms. The molecule has 21 unspecified atom stereocenters. The molecule has 14 heteroatoms. The molecule has 4 N–H and O–H groups in total. The summed E-state index contributed by atoms with van der Waals surface area (Å²) < 4.78 is 53.1. The molecule has 6 fully saturated rings. The number of hydrogen-bond donors (Lipinski definition) is 4. The SMILES string of the molecule is COC1CCC(OC2C(C)C(C3CC(C)C4(O3)OC(C3(C)CCC5(CC(O)C(C)C(C(C)C=C(C)C(=O)C(C)CC(C)C(=O)O)O5)O3)CCC4C)OC(O)(CO)C2C)OC1C. The number of hydrogen-bond acceptors (Lipinski definition) is 13. The number of ether oxygens (including phenoxy) is 8. The zero-order valence-corrected chi connectivity index (χ0v) is 38.8. The third-order valence-corrected chi connectivity index (χ3v) is 15.9. The average Bonchev–Trinajstić information content (AvgIpc) is 3.72. The van der Waals surface area contributed by atoms with Gasteiger partial charge in [0.05, 0.1) is 67.0 Å². The van der Waals surface area contributed by atoms with Crippen LogP contribution in [0.15, 0.2) is 11.6 Å². The fourth-order valence-electron chi connectivity index (χ4n) is 11.8. The number of Topliss-reactive ketones (excluding diaryl/α,β-unsaturated/α-hetero) is 1. The zero-order chi connectivity index (χ0) is 45.0. The van der Waals surface area contributed by atoms with Gasteiger partial charge in [0.1, 0.15) is 0 Å². The van der Waals surface area contributed by atoms with Crippen LogP contribution in [0.3, 0.4) is 0 Å². The summed E-state index contributed by atoms with van der Waals surface area (Å²) in [5.41, 5.74) is -0.196. The first-order valence-corrected chi connectivity index (χ1v) is 23.2. The molecule has 6 aliphatic rings. The van der Waals surface area contributed by atoms with Gasteiger partial charge < -0.3 is 58.3 Å². The van der Waals surface area contributed by atoms with E-state index in [2.05, 4.69) is 27.7 Å². The Bertz CT molecular complexity index is 1570. The summed E-state index contributed by atoms with van der Waals surface area (Å²) in [5, 5.41) is 43.1. The van der Waals surface area contributed by atoms with E-state index in [9.17, 15) is 30.0 Å². The van der Waals surface area contributed by atoms with Gasteiger partial charge in [-0.3, -0.25) is 9.59 Å². The van der Waals surface area contributed by atoms with Crippen molar-refractivity contribution in [3.63, 3.8) is 0 Å². The largest absolute Gasteiger partial charge is 0.481 e. The Morgan fingerprint density at radius 3 is 2.25 bits per heavy atom. The smallest absolute Gasteiger partial charge is 0.306 e. The molecule has 0 aromatic carbocycles. The molecule has 61 heavy (non-hydrogen) atoms. The summed E-state index contributed by atoms with van der Waals surface area (Å²) >= 11 is 0. The highest BCUT2D eigenvalue weighted by atomic mass is 16.8. The minimum absolute atomic E-state index is 0.0147. The quantitative estimate of drug-likeness (QED) is 0.154. The lowest BCUT2D eigenvalue weighted by atomic mass is 9.77. The second kappa shape index (κ2) is 18.7. The van der Waals surface area contributed by atoms with Crippen molar-refractivity contribution in [2.45, 2.75) is 212 Å². The fraction of sp³-hybridized carbons (Fsp3) is 0.915. The van der Waals surface area contributed by atoms with Crippen LogP contribution in [-0.2, 0) is 47.5 Å². The molecule has 6 heterocycles. The van der Waals surface area contributed by atoms with Gasteiger partial charge in [-0.05, 0) is 64.9 Å². The maximum Gasteiger partial charge on any atom is 0.306 e. The topological polar surface area (TPSA) is 189 Å². The number of aliphatic hydroxyl groups is 3. The summed E-state index contributed by atoms with van der Waals surface area (Å²) in [5.74, 6) is -7.13. The number of ketones is 1. The number of carbonyl (C=O) groups excluding carboxylic acids is 1. The average molecular weight is 867 g/mol. The van der Waals surface area contributed by atoms with E-state index in [0.717, 1.165) is 19.3 Å². The van der Waals surface area contributed by atoms with Crippen LogP contribution in [0, 0.1) is 47.3 Å². The zero-order valence-electron chi connectivity index (χ0n) is 38.8. The molecule has 0 aliphatic carbocycles. The van der Waals surface area contributed by atoms with Crippen molar-refractivity contribution in [3.8, 4) is 0 Å². The Hall–Kier alpha value is -1.56. The van der Waals surface area contributed by atoms with Crippen molar-refractivity contribution >= 4 is 11.8 Å². The summed E-state index contributed by atoms with van der Waals surface area (Å²) in [4.78, 5) is 24.7. The van der Waals surface area contributed by atoms with Crippen LogP contribution < -0.4 is 0 Å². The standard InChI is InChI=1S/C47H78O14/c1-24(39(50)25(2)20-27(4)43(51)52)19-26(3)40-30(7)34(49)22-45(59-40)18-17-44(11,61-45)37-15-13-28(5)47(58-37)29(6)21-36(57-47)42-31(8)41(32(9)46(53,23-48)60-42)56-38-16-14-35(54-12)33(10)55-38/h19,25-38,40-42,48-49,53H,13-18,20-23H2,1-12H3,(H,51,52). The summed E-state index contributed by atoms with van der Waals surface area (Å²) in [6.45, 7) is 20.8. The molecule has 14 nitrogen and oxygen atoms in total. The van der Waals surface area contributed by atoms with Crippen molar-refractivity contribution in [1.29, 1.82) is 0 Å². The summed E-state index contributed by atoms with van der Waals surface area (Å²) in [6, 6.07) is 0. The lowest BCUT2D eigenvalue weighted by Gasteiger charge is -2.52. The van der Waals surface area contributed by atoms with E-state index in [0.29, 0.717) is 37.7 Å². The van der Waals surface area contributed by atoms with Crippen LogP contribution >= 0.6 is 0 Å². The third-order valence-electron chi connectivity index (χ3n) is 15.9. The molecule has 0 radical (unpaired) electrons. The minimum atomic E-state index is -1.85. The van der Waals surface area contributed by atoms with E-state index in [1.807, 2.05) is 33.8 Å². The number of aliphatic hydroxyl groups excluding tert-OH is 2. The Morgan fingerprint density at radius 2 is 1.61 bits per heavy atom. The number of carboxylic acids is 1. The normalized spacial score (nSPS) is 48.6. The van der Waals surface area contributed by atoms with Crippen molar-refractivity contribution in [2.75, 3.05) is 13.7 Å². The van der Waals surface area contributed by atoms with Crippen molar-refractivity contribution < 1.29 is 67.9 Å². The highest BCUT2D eigenvalue weighted by Crippen LogP contribution is 2.56. The molecule has 21 atom stereocenters. The lowest BCUT2D eigenvalue weighted by Crippen LogP contribution is -2.63. The Labute approximate surface area is 363 Å². The van der Waals surface area contributed by atoms with Crippen LogP contribution in [-0.4, -0.2) is 124 Å². The molecule has 350 valence electrons. The third kappa shape index (κ3) is 9.57. The Kier molecular flexibility index (Phi) is 15.0. The van der Waals surface area contributed by atoms with E-state index in [4.69, 9.17) is 37.9 Å². The molecular formula is C47H78O14. The van der Waals surface area contributed by atoms with Crippen LogP contribution in [0.2, 0.25) is 0 Å². The van der Waals surface area contributed by atoms with Gasteiger partial charge in [0, 0.05) is 67.8 Å². The highest BCUT2D eigenvalue weighted by Gasteiger charge is 2.64. The number of methoxy groups -OCH3 is 1. The van der Waals surface area contributed by atoms with E-state index >= 15 is 0 Å². The second-order valence-electron chi connectivity index (χ2n) is 20.5. The van der Waals surface area contributed by atoms with Crippen LogP contribution in [0.5, 0.6) is 0 Å². The van der Waals surface area contributed by atoms with E-state index in [1.165, 1.54) is 0 Å². The van der Waals surface area contributed by atoms with Crippen LogP contribution in [0.1, 0.15) is 134 Å². The van der Waals surface area contributed by atoms with Crippen LogP contribution in [0.4, 0.5) is 0 Å². The van der Waals surface area contributed by atoms with E-state index < -0.39 is 90.1 Å². The highest BCUT2D eigenvalue weighted by molar-refractivity contribution is 5.96. The number of carboxylic acid groups (broad SMARTS) is 1. The van der Waals surface area contributed by atoms with Gasteiger partial charge in [-0.2, -0.15) is 0 Å².